The van der Waals surface area contributed by atoms with E-state index in [1.54, 1.807) is 0 Å². The maximum Gasteiger partial charge on any atom is 0.275 e. The summed E-state index contributed by atoms with van der Waals surface area (Å²) in [5.74, 6) is -1.45. The van der Waals surface area contributed by atoms with Gasteiger partial charge in [0.2, 0.25) is 0 Å². The summed E-state index contributed by atoms with van der Waals surface area (Å²) in [4.78, 5) is 27.1. The van der Waals surface area contributed by atoms with E-state index in [0.29, 0.717) is 10.9 Å². The van der Waals surface area contributed by atoms with Gasteiger partial charge in [0.05, 0.1) is 5.52 Å². The number of aromatic nitrogens is 3. The molecule has 4 N–H and O–H groups in total. The van der Waals surface area contributed by atoms with E-state index in [4.69, 9.17) is 5.73 Å². The summed E-state index contributed by atoms with van der Waals surface area (Å²) in [6, 6.07) is 8.38. The molecule has 22 heavy (non-hydrogen) atoms. The van der Waals surface area contributed by atoms with Gasteiger partial charge in [-0.25, -0.2) is 9.37 Å². The molecule has 0 aliphatic rings. The fraction of sp³-hybridized carbons (Fsp3) is 0. The standard InChI is InChI=1S/C14H10FN5O2/c15-7-4-5-8-11(6-7)19-20-13(8)18-14(22)10-3-1-2-9(17-10)12(16)21/h1-6H,(H2,16,21)(H2,18,19,20,22). The summed E-state index contributed by atoms with van der Waals surface area (Å²) in [6.07, 6.45) is 0. The van der Waals surface area contributed by atoms with Gasteiger partial charge in [-0.2, -0.15) is 5.10 Å². The van der Waals surface area contributed by atoms with Crippen LogP contribution in [0.3, 0.4) is 0 Å². The molecule has 2 aromatic heterocycles. The summed E-state index contributed by atoms with van der Waals surface area (Å²) in [6.45, 7) is 0. The number of anilines is 1. The number of nitrogens with zero attached hydrogens (tertiary/aromatic N) is 2. The van der Waals surface area contributed by atoms with Crippen LogP contribution < -0.4 is 11.1 Å². The number of primary amides is 1. The SMILES string of the molecule is NC(=O)c1cccc(C(=O)Nc2n[nH]c3cc(F)ccc23)n1. The summed E-state index contributed by atoms with van der Waals surface area (Å²) in [5.41, 5.74) is 5.58. The lowest BCUT2D eigenvalue weighted by atomic mass is 10.2. The average Bonchev–Trinajstić information content (AvgIpc) is 2.89. The number of aromatic amines is 1. The van der Waals surface area contributed by atoms with Crippen molar-refractivity contribution in [3.05, 3.63) is 53.6 Å². The highest BCUT2D eigenvalue weighted by Gasteiger charge is 2.14. The number of carbonyl (C=O) groups is 2. The van der Waals surface area contributed by atoms with Crippen molar-refractivity contribution in [3.63, 3.8) is 0 Å². The summed E-state index contributed by atoms with van der Waals surface area (Å²) in [5, 5.41) is 9.64. The maximum absolute atomic E-state index is 13.1. The van der Waals surface area contributed by atoms with Gasteiger partial charge in [0.1, 0.15) is 17.2 Å². The second-order valence-corrected chi connectivity index (χ2v) is 4.49. The number of rotatable bonds is 3. The molecule has 2 amide bonds. The van der Waals surface area contributed by atoms with Crippen molar-refractivity contribution in [2.24, 2.45) is 5.73 Å². The summed E-state index contributed by atoms with van der Waals surface area (Å²) in [7, 11) is 0. The molecule has 0 spiro atoms. The highest BCUT2D eigenvalue weighted by Crippen LogP contribution is 2.21. The van der Waals surface area contributed by atoms with Crippen LogP contribution in [0.2, 0.25) is 0 Å². The van der Waals surface area contributed by atoms with E-state index in [2.05, 4.69) is 20.5 Å². The fourth-order valence-electron chi connectivity index (χ4n) is 1.96. The van der Waals surface area contributed by atoms with Crippen molar-refractivity contribution in [1.29, 1.82) is 0 Å². The minimum atomic E-state index is -0.727. The highest BCUT2D eigenvalue weighted by atomic mass is 19.1. The minimum Gasteiger partial charge on any atom is -0.364 e. The molecule has 0 atom stereocenters. The van der Waals surface area contributed by atoms with Crippen molar-refractivity contribution < 1.29 is 14.0 Å². The molecule has 3 rings (SSSR count). The van der Waals surface area contributed by atoms with E-state index >= 15 is 0 Å². The van der Waals surface area contributed by atoms with E-state index in [0.717, 1.165) is 0 Å². The predicted molar refractivity (Wildman–Crippen MR) is 76.8 cm³/mol. The summed E-state index contributed by atoms with van der Waals surface area (Å²) >= 11 is 0. The molecule has 0 aliphatic heterocycles. The molecule has 1 aromatic carbocycles. The normalized spacial score (nSPS) is 10.6. The van der Waals surface area contributed by atoms with E-state index < -0.39 is 17.6 Å². The fourth-order valence-corrected chi connectivity index (χ4v) is 1.96. The molecule has 0 saturated carbocycles. The Balaban J connectivity index is 1.90. The molecule has 0 unspecified atom stereocenters. The molecule has 8 heteroatoms. The first-order valence-electron chi connectivity index (χ1n) is 6.26. The highest BCUT2D eigenvalue weighted by molar-refractivity contribution is 6.07. The van der Waals surface area contributed by atoms with Crippen LogP contribution in [-0.2, 0) is 0 Å². The largest absolute Gasteiger partial charge is 0.364 e. The molecule has 0 fully saturated rings. The van der Waals surface area contributed by atoms with E-state index in [1.165, 1.54) is 36.4 Å². The first-order valence-corrected chi connectivity index (χ1v) is 6.26. The number of hydrogen-bond acceptors (Lipinski definition) is 4. The van der Waals surface area contributed by atoms with Crippen LogP contribution in [0.4, 0.5) is 10.2 Å². The first-order chi connectivity index (χ1) is 10.5. The first kappa shape index (κ1) is 13.7. The van der Waals surface area contributed by atoms with Crippen molar-refractivity contribution in [2.75, 3.05) is 5.32 Å². The van der Waals surface area contributed by atoms with E-state index in [1.807, 2.05) is 0 Å². The maximum atomic E-state index is 13.1. The molecular formula is C14H10FN5O2. The van der Waals surface area contributed by atoms with Crippen LogP contribution in [0.5, 0.6) is 0 Å². The molecule has 0 saturated heterocycles. The van der Waals surface area contributed by atoms with Crippen molar-refractivity contribution in [1.82, 2.24) is 15.2 Å². The molecular weight excluding hydrogens is 289 g/mol. The van der Waals surface area contributed by atoms with Crippen molar-refractivity contribution in [2.45, 2.75) is 0 Å². The van der Waals surface area contributed by atoms with Gasteiger partial charge in [0.25, 0.3) is 11.8 Å². The number of fused-ring (bicyclic) bond motifs is 1. The number of H-pyrrole nitrogens is 1. The number of pyridine rings is 1. The van der Waals surface area contributed by atoms with Gasteiger partial charge >= 0.3 is 0 Å². The topological polar surface area (TPSA) is 114 Å². The third-order valence-electron chi connectivity index (χ3n) is 2.99. The number of amides is 2. The Labute approximate surface area is 123 Å². The van der Waals surface area contributed by atoms with Crippen LogP contribution in [0.1, 0.15) is 21.0 Å². The monoisotopic (exact) mass is 299 g/mol. The van der Waals surface area contributed by atoms with Gasteiger partial charge < -0.3 is 11.1 Å². The van der Waals surface area contributed by atoms with Gasteiger partial charge in [-0.1, -0.05) is 6.07 Å². The zero-order valence-electron chi connectivity index (χ0n) is 11.1. The van der Waals surface area contributed by atoms with Gasteiger partial charge in [-0.15, -0.1) is 0 Å². The van der Waals surface area contributed by atoms with Gasteiger partial charge in [0, 0.05) is 5.39 Å². The van der Waals surface area contributed by atoms with Crippen LogP contribution in [0.25, 0.3) is 10.9 Å². The van der Waals surface area contributed by atoms with Gasteiger partial charge in [-0.05, 0) is 30.3 Å². The molecule has 3 aromatic rings. The Kier molecular flexibility index (Phi) is 3.26. The molecule has 0 radical (unpaired) electrons. The Hall–Kier alpha value is -3.29. The Bertz CT molecular complexity index is 890. The van der Waals surface area contributed by atoms with Gasteiger partial charge in [-0.3, -0.25) is 14.7 Å². The number of nitrogens with two attached hydrogens (primary N) is 1. The number of hydrogen-bond donors (Lipinski definition) is 3. The Morgan fingerprint density at radius 2 is 1.95 bits per heavy atom. The number of nitrogens with one attached hydrogen (secondary N) is 2. The lowest BCUT2D eigenvalue weighted by molar-refractivity contribution is 0.0995. The molecule has 7 nitrogen and oxygen atoms in total. The zero-order valence-corrected chi connectivity index (χ0v) is 11.1. The second-order valence-electron chi connectivity index (χ2n) is 4.49. The average molecular weight is 299 g/mol. The van der Waals surface area contributed by atoms with Crippen LogP contribution >= 0.6 is 0 Å². The smallest absolute Gasteiger partial charge is 0.275 e. The number of benzene rings is 1. The molecule has 0 bridgehead atoms. The molecule has 0 aliphatic carbocycles. The third-order valence-corrected chi connectivity index (χ3v) is 2.99. The van der Waals surface area contributed by atoms with Gasteiger partial charge in [0.15, 0.2) is 5.82 Å². The Morgan fingerprint density at radius 3 is 2.73 bits per heavy atom. The lowest BCUT2D eigenvalue weighted by Gasteiger charge is -2.03. The number of carbonyl (C=O) groups excluding carboxylic acids is 2. The molecule has 110 valence electrons. The minimum absolute atomic E-state index is 0.0124. The quantitative estimate of drug-likeness (QED) is 0.679. The van der Waals surface area contributed by atoms with E-state index in [-0.39, 0.29) is 17.2 Å². The van der Waals surface area contributed by atoms with Crippen molar-refractivity contribution in [3.8, 4) is 0 Å². The zero-order chi connectivity index (χ0) is 15.7. The van der Waals surface area contributed by atoms with E-state index in [9.17, 15) is 14.0 Å². The van der Waals surface area contributed by atoms with Crippen LogP contribution in [0, 0.1) is 5.82 Å². The second kappa shape index (κ2) is 5.24. The van der Waals surface area contributed by atoms with Crippen LogP contribution in [0.15, 0.2) is 36.4 Å². The lowest BCUT2D eigenvalue weighted by Crippen LogP contribution is -2.18. The Morgan fingerprint density at radius 1 is 1.18 bits per heavy atom. The molecule has 2 heterocycles. The summed E-state index contributed by atoms with van der Waals surface area (Å²) < 4.78 is 13.1. The third kappa shape index (κ3) is 2.49. The van der Waals surface area contributed by atoms with Crippen molar-refractivity contribution >= 4 is 28.5 Å². The number of halogens is 1. The predicted octanol–water partition coefficient (Wildman–Crippen LogP) is 1.45. The van der Waals surface area contributed by atoms with Crippen LogP contribution in [-0.4, -0.2) is 27.0 Å².